The summed E-state index contributed by atoms with van der Waals surface area (Å²) in [5, 5.41) is 0. The Labute approximate surface area is 212 Å². The smallest absolute Gasteiger partial charge is 0.320 e. The average molecular weight is 494 g/mol. The van der Waals surface area contributed by atoms with Crippen LogP contribution < -0.4 is 9.47 Å². The van der Waals surface area contributed by atoms with Crippen LogP contribution in [0, 0.1) is 11.8 Å². The minimum absolute atomic E-state index is 0.0916. The van der Waals surface area contributed by atoms with Crippen molar-refractivity contribution in [3.8, 4) is 11.5 Å². The number of rotatable bonds is 5. The van der Waals surface area contributed by atoms with Gasteiger partial charge in [-0.3, -0.25) is 9.78 Å². The first-order valence-electron chi connectivity index (χ1n) is 12.9. The first-order valence-corrected chi connectivity index (χ1v) is 12.9. The fraction of sp³-hybridized carbons (Fsp3) is 0.536. The summed E-state index contributed by atoms with van der Waals surface area (Å²) in [6.45, 7) is 2.96. The number of carbonyl (C=O) groups excluding carboxylic acids is 2. The van der Waals surface area contributed by atoms with Crippen molar-refractivity contribution in [2.24, 2.45) is 11.8 Å². The third-order valence-electron chi connectivity index (χ3n) is 7.97. The van der Waals surface area contributed by atoms with E-state index in [-0.39, 0.29) is 36.4 Å². The Balaban J connectivity index is 1.28. The van der Waals surface area contributed by atoms with Crippen molar-refractivity contribution < 1.29 is 23.8 Å². The molecule has 2 amide bonds. The van der Waals surface area contributed by atoms with Gasteiger partial charge in [0, 0.05) is 56.8 Å². The second-order valence-electron chi connectivity index (χ2n) is 10.1. The lowest BCUT2D eigenvalue weighted by Crippen LogP contribution is -2.54. The van der Waals surface area contributed by atoms with Crippen LogP contribution in [0.3, 0.4) is 0 Å². The Morgan fingerprint density at radius 1 is 1.03 bits per heavy atom. The van der Waals surface area contributed by atoms with Crippen LogP contribution in [0.1, 0.15) is 42.7 Å². The Kier molecular flexibility index (Phi) is 7.41. The molecule has 0 bridgehead atoms. The molecule has 3 saturated heterocycles. The van der Waals surface area contributed by atoms with E-state index in [2.05, 4.69) is 23.2 Å². The van der Waals surface area contributed by atoms with E-state index in [9.17, 15) is 9.59 Å². The maximum atomic E-state index is 13.4. The van der Waals surface area contributed by atoms with Gasteiger partial charge in [-0.2, -0.15) is 0 Å². The van der Waals surface area contributed by atoms with E-state index in [1.807, 2.05) is 28.1 Å². The van der Waals surface area contributed by atoms with E-state index >= 15 is 0 Å². The summed E-state index contributed by atoms with van der Waals surface area (Å²) in [7, 11) is 3.30. The third-order valence-corrected chi connectivity index (χ3v) is 7.97. The molecule has 1 aromatic heterocycles. The highest BCUT2D eigenvalue weighted by molar-refractivity contribution is 5.81. The zero-order valence-electron chi connectivity index (χ0n) is 21.1. The zero-order chi connectivity index (χ0) is 25.1. The number of Topliss-reactive ketones (excluding diaryl/α,β-unsaturated/α-hetero) is 1. The van der Waals surface area contributed by atoms with Gasteiger partial charge in [0.15, 0.2) is 17.3 Å². The number of ketones is 1. The van der Waals surface area contributed by atoms with E-state index in [0.717, 1.165) is 24.8 Å². The molecule has 2 aromatic rings. The molecule has 1 unspecified atom stereocenters. The van der Waals surface area contributed by atoms with Crippen LogP contribution in [0.4, 0.5) is 4.79 Å². The highest BCUT2D eigenvalue weighted by atomic mass is 16.5. The van der Waals surface area contributed by atoms with Crippen LogP contribution in [0.25, 0.3) is 0 Å². The Morgan fingerprint density at radius 3 is 2.53 bits per heavy atom. The number of aromatic nitrogens is 1. The molecule has 3 atom stereocenters. The van der Waals surface area contributed by atoms with Crippen LogP contribution in [0.5, 0.6) is 11.5 Å². The molecule has 3 aliphatic heterocycles. The van der Waals surface area contributed by atoms with E-state index < -0.39 is 0 Å². The van der Waals surface area contributed by atoms with E-state index in [1.54, 1.807) is 20.4 Å². The lowest BCUT2D eigenvalue weighted by Gasteiger charge is -2.43. The van der Waals surface area contributed by atoms with Gasteiger partial charge in [0.1, 0.15) is 6.61 Å². The van der Waals surface area contributed by atoms with Crippen molar-refractivity contribution in [3.63, 3.8) is 0 Å². The summed E-state index contributed by atoms with van der Waals surface area (Å²) in [5.41, 5.74) is 2.33. The molecule has 0 saturated carbocycles. The molecule has 4 heterocycles. The summed E-state index contributed by atoms with van der Waals surface area (Å²) in [5.74, 6) is 2.21. The zero-order valence-corrected chi connectivity index (χ0v) is 21.1. The van der Waals surface area contributed by atoms with Crippen LogP contribution in [0.15, 0.2) is 42.7 Å². The fourth-order valence-corrected chi connectivity index (χ4v) is 6.12. The minimum atomic E-state index is 0.0916. The molecule has 3 fully saturated rings. The second-order valence-corrected chi connectivity index (χ2v) is 10.1. The van der Waals surface area contributed by atoms with Gasteiger partial charge in [0.25, 0.3) is 0 Å². The predicted octanol–water partition coefficient (Wildman–Crippen LogP) is 3.74. The molecule has 1 aromatic carbocycles. The van der Waals surface area contributed by atoms with E-state index in [1.165, 1.54) is 5.56 Å². The van der Waals surface area contributed by atoms with Gasteiger partial charge in [0.2, 0.25) is 0 Å². The molecule has 0 spiro atoms. The fourth-order valence-electron chi connectivity index (χ4n) is 6.12. The topological polar surface area (TPSA) is 81.2 Å². The molecular weight excluding hydrogens is 458 g/mol. The van der Waals surface area contributed by atoms with Crippen molar-refractivity contribution in [1.82, 2.24) is 14.8 Å². The Bertz CT molecular complexity index is 1070. The summed E-state index contributed by atoms with van der Waals surface area (Å²) in [6.07, 6.45) is 6.99. The summed E-state index contributed by atoms with van der Waals surface area (Å²) >= 11 is 0. The highest BCUT2D eigenvalue weighted by Crippen LogP contribution is 2.41. The third kappa shape index (κ3) is 5.05. The monoisotopic (exact) mass is 493 g/mol. The molecule has 0 N–H and O–H groups in total. The molecule has 0 aliphatic carbocycles. The Hall–Kier alpha value is -3.13. The van der Waals surface area contributed by atoms with Crippen molar-refractivity contribution in [1.29, 1.82) is 0 Å². The van der Waals surface area contributed by atoms with Crippen LogP contribution >= 0.6 is 0 Å². The number of benzene rings is 1. The molecule has 0 radical (unpaired) electrons. The van der Waals surface area contributed by atoms with Crippen LogP contribution in [-0.2, 0) is 9.53 Å². The standard InChI is InChI=1S/C28H35N3O5/c1-34-25-6-5-20(15-26(25)35-2)27(21-4-3-10-29-16-21)19-7-11-30(12-8-19)28(33)31-13-9-24-22(17-31)14-23(32)18-36-24/h3-6,10,15-16,19,22,24,27H,7-9,11-14,17-18H2,1-2H3/t22-,24+,27?/m1/s1. The summed E-state index contributed by atoms with van der Waals surface area (Å²) in [6, 6.07) is 10.3. The van der Waals surface area contributed by atoms with Crippen LogP contribution in [-0.4, -0.2) is 79.7 Å². The summed E-state index contributed by atoms with van der Waals surface area (Å²) in [4.78, 5) is 33.5. The molecule has 8 nitrogen and oxygen atoms in total. The van der Waals surface area contributed by atoms with Gasteiger partial charge >= 0.3 is 6.03 Å². The van der Waals surface area contributed by atoms with Gasteiger partial charge in [0.05, 0.1) is 20.3 Å². The number of fused-ring (bicyclic) bond motifs is 1. The molecule has 3 aliphatic rings. The Morgan fingerprint density at radius 2 is 1.81 bits per heavy atom. The van der Waals surface area contributed by atoms with Crippen molar-refractivity contribution in [3.05, 3.63) is 53.9 Å². The number of pyridine rings is 1. The average Bonchev–Trinajstić information content (AvgIpc) is 2.93. The number of piperidine rings is 2. The molecule has 8 heteroatoms. The van der Waals surface area contributed by atoms with Crippen molar-refractivity contribution >= 4 is 11.8 Å². The van der Waals surface area contributed by atoms with E-state index in [0.29, 0.717) is 50.0 Å². The number of hydrogen-bond donors (Lipinski definition) is 0. The van der Waals surface area contributed by atoms with E-state index in [4.69, 9.17) is 14.2 Å². The molecule has 5 rings (SSSR count). The predicted molar refractivity (Wildman–Crippen MR) is 134 cm³/mol. The maximum Gasteiger partial charge on any atom is 0.320 e. The lowest BCUT2D eigenvalue weighted by atomic mass is 9.76. The van der Waals surface area contributed by atoms with Gasteiger partial charge in [-0.05, 0) is 54.5 Å². The number of ether oxygens (including phenoxy) is 3. The largest absolute Gasteiger partial charge is 0.493 e. The van der Waals surface area contributed by atoms with Gasteiger partial charge < -0.3 is 24.0 Å². The van der Waals surface area contributed by atoms with Gasteiger partial charge in [-0.1, -0.05) is 12.1 Å². The molecular formula is C28H35N3O5. The second kappa shape index (κ2) is 10.9. The number of likely N-dealkylation sites (tertiary alicyclic amines) is 2. The number of urea groups is 1. The normalized spacial score (nSPS) is 23.7. The highest BCUT2D eigenvalue weighted by Gasteiger charge is 2.39. The van der Waals surface area contributed by atoms with Gasteiger partial charge in [-0.25, -0.2) is 4.79 Å². The molecule has 36 heavy (non-hydrogen) atoms. The van der Waals surface area contributed by atoms with Crippen LogP contribution in [0.2, 0.25) is 0 Å². The first kappa shape index (κ1) is 24.6. The SMILES string of the molecule is COc1ccc(C(c2cccnc2)C2CCN(C(=O)N3CC[C@@H]4OCC(=O)C[C@@H]4C3)CC2)cc1OC. The lowest BCUT2D eigenvalue weighted by molar-refractivity contribution is -0.140. The number of amides is 2. The number of hydrogen-bond acceptors (Lipinski definition) is 6. The number of methoxy groups -OCH3 is 2. The van der Waals surface area contributed by atoms with Crippen molar-refractivity contribution in [2.75, 3.05) is 47.0 Å². The minimum Gasteiger partial charge on any atom is -0.493 e. The number of nitrogens with zero attached hydrogens (tertiary/aromatic N) is 3. The maximum absolute atomic E-state index is 13.4. The number of carbonyl (C=O) groups is 2. The van der Waals surface area contributed by atoms with Crippen molar-refractivity contribution in [2.45, 2.75) is 37.7 Å². The van der Waals surface area contributed by atoms with Gasteiger partial charge in [-0.15, -0.1) is 0 Å². The molecule has 192 valence electrons. The summed E-state index contributed by atoms with van der Waals surface area (Å²) < 4.78 is 16.7. The first-order chi connectivity index (χ1) is 17.6. The quantitative estimate of drug-likeness (QED) is 0.631.